The fourth-order valence-corrected chi connectivity index (χ4v) is 4.17. The van der Waals surface area contributed by atoms with E-state index in [1.807, 2.05) is 23.1 Å². The molecule has 1 aliphatic heterocycles. The van der Waals surface area contributed by atoms with Gasteiger partial charge in [-0.3, -0.25) is 9.59 Å². The molecule has 1 saturated heterocycles. The molecule has 140 valence electrons. The maximum Gasteiger partial charge on any atom is 0.227 e. The number of nitrogens with one attached hydrogen (secondary N) is 1. The lowest BCUT2D eigenvalue weighted by atomic mass is 9.71. The molecule has 1 aromatic rings. The lowest BCUT2D eigenvalue weighted by Crippen LogP contribution is -2.52. The largest absolute Gasteiger partial charge is 0.355 e. The summed E-state index contributed by atoms with van der Waals surface area (Å²) in [5.41, 5.74) is 1.22. The molecule has 0 radical (unpaired) electrons. The Bertz CT molecular complexity index is 641. The van der Waals surface area contributed by atoms with Crippen LogP contribution in [0.5, 0.6) is 0 Å². The Morgan fingerprint density at radius 3 is 2.85 bits per heavy atom. The molecule has 2 amide bonds. The van der Waals surface area contributed by atoms with E-state index in [4.69, 9.17) is 0 Å². The summed E-state index contributed by atoms with van der Waals surface area (Å²) in [5.74, 6) is 0.0345. The molecule has 0 unspecified atom stereocenters. The first-order valence-electron chi connectivity index (χ1n) is 9.97. The number of hydrogen-bond acceptors (Lipinski definition) is 2. The van der Waals surface area contributed by atoms with Crippen LogP contribution in [0.1, 0.15) is 38.2 Å². The van der Waals surface area contributed by atoms with E-state index in [2.05, 4.69) is 36.5 Å². The monoisotopic (exact) mass is 354 g/mol. The molecule has 1 aromatic carbocycles. The molecule has 3 atom stereocenters. The van der Waals surface area contributed by atoms with E-state index in [1.165, 1.54) is 5.56 Å². The molecule has 0 aromatic heterocycles. The standard InChI is InChI=1S/C22H30N2O2/c1-2-3-15-24-16-13-18-10-7-11-19(20(18)22(24)26)21(25)23-14-12-17-8-5-4-6-9-17/h4-10,18-20H,2-3,11-16H2,1H3,(H,23,25)/t18-,19-,20+/m1/s1. The zero-order valence-corrected chi connectivity index (χ0v) is 15.7. The Morgan fingerprint density at radius 1 is 1.27 bits per heavy atom. The van der Waals surface area contributed by atoms with Crippen molar-refractivity contribution < 1.29 is 9.59 Å². The van der Waals surface area contributed by atoms with Crippen LogP contribution in [0.25, 0.3) is 0 Å². The predicted octanol–water partition coefficient (Wildman–Crippen LogP) is 3.19. The number of likely N-dealkylation sites (tertiary alicyclic amines) is 1. The van der Waals surface area contributed by atoms with Crippen molar-refractivity contribution in [1.29, 1.82) is 0 Å². The topological polar surface area (TPSA) is 49.4 Å². The molecule has 1 fully saturated rings. The van der Waals surface area contributed by atoms with Gasteiger partial charge in [-0.2, -0.15) is 0 Å². The van der Waals surface area contributed by atoms with Crippen molar-refractivity contribution in [2.75, 3.05) is 19.6 Å². The van der Waals surface area contributed by atoms with Gasteiger partial charge in [0, 0.05) is 19.6 Å². The molecule has 1 aliphatic carbocycles. The average Bonchev–Trinajstić information content (AvgIpc) is 2.68. The van der Waals surface area contributed by atoms with Crippen LogP contribution >= 0.6 is 0 Å². The van der Waals surface area contributed by atoms with Crippen LogP contribution < -0.4 is 5.32 Å². The number of fused-ring (bicyclic) bond motifs is 1. The average molecular weight is 354 g/mol. The number of piperidine rings is 1. The second-order valence-corrected chi connectivity index (χ2v) is 7.45. The molecule has 0 bridgehead atoms. The number of allylic oxidation sites excluding steroid dienone is 2. The van der Waals surface area contributed by atoms with Crippen LogP contribution in [0.4, 0.5) is 0 Å². The third-order valence-corrected chi connectivity index (χ3v) is 5.67. The first-order chi connectivity index (χ1) is 12.7. The minimum absolute atomic E-state index is 0.0333. The maximum absolute atomic E-state index is 13.0. The minimum Gasteiger partial charge on any atom is -0.355 e. The van der Waals surface area contributed by atoms with Gasteiger partial charge in [0.05, 0.1) is 11.8 Å². The van der Waals surface area contributed by atoms with Crippen LogP contribution in [0.15, 0.2) is 42.5 Å². The predicted molar refractivity (Wildman–Crippen MR) is 103 cm³/mol. The lowest BCUT2D eigenvalue weighted by Gasteiger charge is -2.41. The summed E-state index contributed by atoms with van der Waals surface area (Å²) in [6, 6.07) is 10.2. The normalized spacial score (nSPS) is 25.0. The van der Waals surface area contributed by atoms with Gasteiger partial charge in [0.15, 0.2) is 0 Å². The highest BCUT2D eigenvalue weighted by Crippen LogP contribution is 2.37. The number of unbranched alkanes of at least 4 members (excludes halogenated alkanes) is 1. The van der Waals surface area contributed by atoms with E-state index in [0.29, 0.717) is 13.0 Å². The molecule has 0 saturated carbocycles. The van der Waals surface area contributed by atoms with Gasteiger partial charge in [0.2, 0.25) is 11.8 Å². The highest BCUT2D eigenvalue weighted by Gasteiger charge is 2.44. The molecular formula is C22H30N2O2. The number of carbonyl (C=O) groups excluding carboxylic acids is 2. The van der Waals surface area contributed by atoms with Crippen LogP contribution in [0.3, 0.4) is 0 Å². The van der Waals surface area contributed by atoms with Crippen molar-refractivity contribution in [3.05, 3.63) is 48.0 Å². The number of hydrogen-bond donors (Lipinski definition) is 1. The highest BCUT2D eigenvalue weighted by molar-refractivity contribution is 5.89. The summed E-state index contributed by atoms with van der Waals surface area (Å²) in [7, 11) is 0. The number of amides is 2. The van der Waals surface area contributed by atoms with Gasteiger partial charge in [-0.25, -0.2) is 0 Å². The molecule has 4 heteroatoms. The van der Waals surface area contributed by atoms with Gasteiger partial charge >= 0.3 is 0 Å². The molecule has 3 rings (SSSR count). The van der Waals surface area contributed by atoms with Crippen LogP contribution in [-0.4, -0.2) is 36.3 Å². The van der Waals surface area contributed by atoms with Gasteiger partial charge < -0.3 is 10.2 Å². The van der Waals surface area contributed by atoms with Crippen molar-refractivity contribution in [2.24, 2.45) is 17.8 Å². The van der Waals surface area contributed by atoms with E-state index >= 15 is 0 Å². The van der Waals surface area contributed by atoms with Gasteiger partial charge in [-0.15, -0.1) is 0 Å². The minimum atomic E-state index is -0.224. The number of nitrogens with zero attached hydrogens (tertiary/aromatic N) is 1. The van der Waals surface area contributed by atoms with Gasteiger partial charge in [0.25, 0.3) is 0 Å². The molecule has 2 aliphatic rings. The second-order valence-electron chi connectivity index (χ2n) is 7.45. The van der Waals surface area contributed by atoms with E-state index in [-0.39, 0.29) is 29.6 Å². The van der Waals surface area contributed by atoms with Gasteiger partial charge in [0.1, 0.15) is 0 Å². The van der Waals surface area contributed by atoms with Crippen molar-refractivity contribution >= 4 is 11.8 Å². The van der Waals surface area contributed by atoms with E-state index < -0.39 is 0 Å². The third kappa shape index (κ3) is 4.35. The Kier molecular flexibility index (Phi) is 6.48. The lowest BCUT2D eigenvalue weighted by molar-refractivity contribution is -0.147. The van der Waals surface area contributed by atoms with E-state index in [1.54, 1.807) is 0 Å². The van der Waals surface area contributed by atoms with Gasteiger partial charge in [-0.05, 0) is 37.2 Å². The summed E-state index contributed by atoms with van der Waals surface area (Å²) < 4.78 is 0. The molecule has 0 spiro atoms. The van der Waals surface area contributed by atoms with Crippen molar-refractivity contribution in [2.45, 2.75) is 39.0 Å². The summed E-state index contributed by atoms with van der Waals surface area (Å²) in [6.45, 7) is 4.41. The summed E-state index contributed by atoms with van der Waals surface area (Å²) >= 11 is 0. The maximum atomic E-state index is 13.0. The van der Waals surface area contributed by atoms with Crippen molar-refractivity contribution in [3.63, 3.8) is 0 Å². The molecule has 26 heavy (non-hydrogen) atoms. The van der Waals surface area contributed by atoms with Crippen molar-refractivity contribution in [1.82, 2.24) is 10.2 Å². The van der Waals surface area contributed by atoms with Crippen molar-refractivity contribution in [3.8, 4) is 0 Å². The SMILES string of the molecule is CCCCN1CC[C@H]2C=CC[C@@H](C(=O)NCCc3ccccc3)[C@H]2C1=O. The Hall–Kier alpha value is -2.10. The van der Waals surface area contributed by atoms with Crippen LogP contribution in [-0.2, 0) is 16.0 Å². The first-order valence-corrected chi connectivity index (χ1v) is 9.97. The molecule has 4 nitrogen and oxygen atoms in total. The summed E-state index contributed by atoms with van der Waals surface area (Å²) in [6.07, 6.45) is 8.84. The smallest absolute Gasteiger partial charge is 0.227 e. The first kappa shape index (κ1) is 18.7. The quantitative estimate of drug-likeness (QED) is 0.765. The second kappa shape index (κ2) is 9.02. The fourth-order valence-electron chi connectivity index (χ4n) is 4.17. The summed E-state index contributed by atoms with van der Waals surface area (Å²) in [4.78, 5) is 27.8. The number of rotatable bonds is 7. The molecule has 1 heterocycles. The fraction of sp³-hybridized carbons (Fsp3) is 0.545. The van der Waals surface area contributed by atoms with E-state index in [9.17, 15) is 9.59 Å². The van der Waals surface area contributed by atoms with Gasteiger partial charge in [-0.1, -0.05) is 55.8 Å². The third-order valence-electron chi connectivity index (χ3n) is 5.67. The van der Waals surface area contributed by atoms with E-state index in [0.717, 1.165) is 38.8 Å². The Morgan fingerprint density at radius 2 is 2.08 bits per heavy atom. The number of benzene rings is 1. The zero-order chi connectivity index (χ0) is 18.4. The zero-order valence-electron chi connectivity index (χ0n) is 15.7. The highest BCUT2D eigenvalue weighted by atomic mass is 16.2. The Balaban J connectivity index is 1.59. The van der Waals surface area contributed by atoms with Crippen LogP contribution in [0, 0.1) is 17.8 Å². The Labute approximate surface area is 156 Å². The number of carbonyl (C=O) groups is 2. The molecular weight excluding hydrogens is 324 g/mol. The molecule has 1 N–H and O–H groups in total. The summed E-state index contributed by atoms with van der Waals surface area (Å²) in [5, 5.41) is 3.07. The van der Waals surface area contributed by atoms with Crippen LogP contribution in [0.2, 0.25) is 0 Å².